The van der Waals surface area contributed by atoms with Gasteiger partial charge < -0.3 is 0 Å². The van der Waals surface area contributed by atoms with Crippen molar-refractivity contribution in [2.75, 3.05) is 0 Å². The molecule has 0 fully saturated rings. The van der Waals surface area contributed by atoms with Crippen LogP contribution in [0.3, 0.4) is 0 Å². The van der Waals surface area contributed by atoms with E-state index in [9.17, 15) is 4.79 Å². The van der Waals surface area contributed by atoms with E-state index in [2.05, 4.69) is 6.92 Å². The molecule has 0 aliphatic heterocycles. The van der Waals surface area contributed by atoms with Gasteiger partial charge in [-0.25, -0.2) is 4.79 Å². The van der Waals surface area contributed by atoms with Crippen molar-refractivity contribution >= 4 is 5.94 Å². The summed E-state index contributed by atoms with van der Waals surface area (Å²) >= 11 is 0. The van der Waals surface area contributed by atoms with Crippen LogP contribution in [0.4, 0.5) is 0 Å². The Balaban J connectivity index is 3.85. The van der Waals surface area contributed by atoms with Crippen LogP contribution in [0.5, 0.6) is 0 Å². The van der Waals surface area contributed by atoms with E-state index in [1.165, 1.54) is 0 Å². The Bertz CT molecular complexity index is 119. The molecule has 0 aliphatic rings. The normalized spacial score (nSPS) is 10.6. The lowest BCUT2D eigenvalue weighted by atomic mass is 9.89. The predicted octanol–water partition coefficient (Wildman–Crippen LogP) is 2.20. The van der Waals surface area contributed by atoms with Crippen LogP contribution in [0.1, 0.15) is 33.6 Å². The first kappa shape index (κ1) is 8.45. The molecule has 0 rings (SSSR count). The average Bonchev–Trinajstić information content (AvgIpc) is 1.64. The summed E-state index contributed by atoms with van der Waals surface area (Å²) in [4.78, 5) is 9.91. The first-order valence-corrected chi connectivity index (χ1v) is 3.34. The zero-order chi connectivity index (χ0) is 7.33. The Hall–Kier alpha value is -0.550. The van der Waals surface area contributed by atoms with Crippen LogP contribution in [0.25, 0.3) is 0 Å². The van der Waals surface area contributed by atoms with Crippen molar-refractivity contribution in [2.45, 2.75) is 33.6 Å². The van der Waals surface area contributed by atoms with Crippen LogP contribution < -0.4 is 0 Å². The second kappa shape index (κ2) is 3.47. The number of hydrogen-bond acceptors (Lipinski definition) is 1. The summed E-state index contributed by atoms with van der Waals surface area (Å²) in [6.45, 7) is 6.20. The molecule has 0 unspecified atom stereocenters. The molecule has 1 nitrogen and oxygen atoms in total. The summed E-state index contributed by atoms with van der Waals surface area (Å²) < 4.78 is 0. The second-order valence-corrected chi connectivity index (χ2v) is 3.00. The Morgan fingerprint density at radius 3 is 2.44 bits per heavy atom. The van der Waals surface area contributed by atoms with Crippen LogP contribution in [-0.4, -0.2) is 5.94 Å². The highest BCUT2D eigenvalue weighted by Crippen LogP contribution is 2.21. The highest BCUT2D eigenvalue weighted by Gasteiger charge is 2.11. The lowest BCUT2D eigenvalue weighted by Gasteiger charge is -2.15. The highest BCUT2D eigenvalue weighted by molar-refractivity contribution is 5.46. The zero-order valence-electron chi connectivity index (χ0n) is 6.40. The van der Waals surface area contributed by atoms with Crippen molar-refractivity contribution in [3.8, 4) is 0 Å². The molecule has 9 heavy (non-hydrogen) atoms. The third-order valence-corrected chi connectivity index (χ3v) is 1.34. The summed E-state index contributed by atoms with van der Waals surface area (Å²) in [5.74, 6) is 1.82. The predicted molar refractivity (Wildman–Crippen MR) is 39.0 cm³/mol. The molecule has 0 amide bonds. The molecule has 0 radical (unpaired) electrons. The van der Waals surface area contributed by atoms with Crippen molar-refractivity contribution < 1.29 is 4.79 Å². The molecule has 0 saturated carbocycles. The monoisotopic (exact) mass is 126 g/mol. The Labute approximate surface area is 56.8 Å². The van der Waals surface area contributed by atoms with Gasteiger partial charge in [0.25, 0.3) is 0 Å². The van der Waals surface area contributed by atoms with Crippen molar-refractivity contribution in [3.63, 3.8) is 0 Å². The maximum atomic E-state index is 9.91. The van der Waals surface area contributed by atoms with Gasteiger partial charge in [-0.05, 0) is 11.8 Å². The van der Waals surface area contributed by atoms with E-state index in [0.717, 1.165) is 12.8 Å². The quantitative estimate of drug-likeness (QED) is 0.530. The van der Waals surface area contributed by atoms with Crippen LogP contribution in [0.2, 0.25) is 0 Å². The second-order valence-electron chi connectivity index (χ2n) is 3.00. The van der Waals surface area contributed by atoms with E-state index in [-0.39, 0.29) is 5.41 Å². The molecule has 0 bridgehead atoms. The molecule has 0 saturated heterocycles. The average molecular weight is 126 g/mol. The minimum absolute atomic E-state index is 0.0521. The first-order chi connectivity index (χ1) is 4.12. The van der Waals surface area contributed by atoms with Crippen LogP contribution in [0, 0.1) is 5.41 Å². The molecule has 0 spiro atoms. The molecular formula is C8H14O. The zero-order valence-corrected chi connectivity index (χ0v) is 6.40. The largest absolute Gasteiger partial charge is 0.234 e. The molecule has 0 aromatic carbocycles. The van der Waals surface area contributed by atoms with Crippen LogP contribution in [0.15, 0.2) is 6.08 Å². The fourth-order valence-corrected chi connectivity index (χ4v) is 0.876. The van der Waals surface area contributed by atoms with Crippen molar-refractivity contribution in [3.05, 3.63) is 6.08 Å². The molecule has 1 heteroatoms. The summed E-state index contributed by atoms with van der Waals surface area (Å²) in [7, 11) is 0. The third-order valence-electron chi connectivity index (χ3n) is 1.34. The minimum Gasteiger partial charge on any atom is -0.234 e. The molecule has 0 aromatic rings. The van der Waals surface area contributed by atoms with E-state index < -0.39 is 0 Å². The molecule has 52 valence electrons. The van der Waals surface area contributed by atoms with Gasteiger partial charge in [-0.1, -0.05) is 27.2 Å². The SMILES string of the molecule is CCCC(C)(C)C=C=O. The van der Waals surface area contributed by atoms with Gasteiger partial charge in [0, 0.05) is 6.08 Å². The fraction of sp³-hybridized carbons (Fsp3) is 0.750. The lowest BCUT2D eigenvalue weighted by Crippen LogP contribution is -2.05. The van der Waals surface area contributed by atoms with Gasteiger partial charge in [-0.3, -0.25) is 0 Å². The highest BCUT2D eigenvalue weighted by atomic mass is 16.1. The number of hydrogen-bond donors (Lipinski definition) is 0. The van der Waals surface area contributed by atoms with Crippen LogP contribution >= 0.6 is 0 Å². The van der Waals surface area contributed by atoms with E-state index in [4.69, 9.17) is 0 Å². The Kier molecular flexibility index (Phi) is 3.26. The first-order valence-electron chi connectivity index (χ1n) is 3.34. The van der Waals surface area contributed by atoms with Crippen LogP contribution in [-0.2, 0) is 4.79 Å². The van der Waals surface area contributed by atoms with Gasteiger partial charge in [0.05, 0.1) is 0 Å². The molecular weight excluding hydrogens is 112 g/mol. The summed E-state index contributed by atoms with van der Waals surface area (Å²) in [5.41, 5.74) is 0.0521. The van der Waals surface area contributed by atoms with Crippen molar-refractivity contribution in [2.24, 2.45) is 5.41 Å². The van der Waals surface area contributed by atoms with Crippen molar-refractivity contribution in [1.82, 2.24) is 0 Å². The number of rotatable bonds is 3. The van der Waals surface area contributed by atoms with Crippen molar-refractivity contribution in [1.29, 1.82) is 0 Å². The lowest BCUT2D eigenvalue weighted by molar-refractivity contribution is 0.432. The summed E-state index contributed by atoms with van der Waals surface area (Å²) in [6.07, 6.45) is 3.77. The number of carbonyl (C=O) groups excluding carboxylic acids is 1. The summed E-state index contributed by atoms with van der Waals surface area (Å²) in [6, 6.07) is 0. The van der Waals surface area contributed by atoms with Gasteiger partial charge >= 0.3 is 0 Å². The molecule has 0 atom stereocenters. The summed E-state index contributed by atoms with van der Waals surface area (Å²) in [5, 5.41) is 0. The van der Waals surface area contributed by atoms with Gasteiger partial charge in [-0.15, -0.1) is 0 Å². The molecule has 0 heterocycles. The van der Waals surface area contributed by atoms with Gasteiger partial charge in [0.15, 0.2) is 0 Å². The van der Waals surface area contributed by atoms with E-state index in [1.54, 1.807) is 6.08 Å². The topological polar surface area (TPSA) is 17.1 Å². The van der Waals surface area contributed by atoms with Gasteiger partial charge in [0.1, 0.15) is 5.94 Å². The van der Waals surface area contributed by atoms with E-state index >= 15 is 0 Å². The molecule has 0 aromatic heterocycles. The standard InChI is InChI=1S/C8H14O/c1-4-5-8(2,3)6-7-9/h6H,4-5H2,1-3H3. The molecule has 0 aliphatic carbocycles. The van der Waals surface area contributed by atoms with Gasteiger partial charge in [0.2, 0.25) is 0 Å². The molecule has 0 N–H and O–H groups in total. The smallest absolute Gasteiger partial charge is 0.120 e. The third kappa shape index (κ3) is 3.99. The maximum absolute atomic E-state index is 9.91. The van der Waals surface area contributed by atoms with Gasteiger partial charge in [-0.2, -0.15) is 0 Å². The Morgan fingerprint density at radius 2 is 2.11 bits per heavy atom. The maximum Gasteiger partial charge on any atom is 0.120 e. The van der Waals surface area contributed by atoms with E-state index in [1.807, 2.05) is 19.8 Å². The number of allylic oxidation sites excluding steroid dienone is 1. The Morgan fingerprint density at radius 1 is 1.56 bits per heavy atom. The van der Waals surface area contributed by atoms with E-state index in [0.29, 0.717) is 0 Å². The fourth-order valence-electron chi connectivity index (χ4n) is 0.876. The minimum atomic E-state index is 0.0521.